The van der Waals surface area contributed by atoms with Crippen molar-refractivity contribution in [3.8, 4) is 0 Å². The van der Waals surface area contributed by atoms with Crippen molar-refractivity contribution in [2.24, 2.45) is 0 Å². The maximum atomic E-state index is 9.36. The summed E-state index contributed by atoms with van der Waals surface area (Å²) in [7, 11) is 0. The molecule has 0 bridgehead atoms. The van der Waals surface area contributed by atoms with Gasteiger partial charge in [0, 0.05) is 18.6 Å². The van der Waals surface area contributed by atoms with Gasteiger partial charge in [-0.25, -0.2) is 0 Å². The van der Waals surface area contributed by atoms with Crippen LogP contribution in [0.4, 0.5) is 0 Å². The summed E-state index contributed by atoms with van der Waals surface area (Å²) in [4.78, 5) is 2.44. The van der Waals surface area contributed by atoms with Crippen molar-refractivity contribution >= 4 is 0 Å². The van der Waals surface area contributed by atoms with Gasteiger partial charge in [0.2, 0.25) is 0 Å². The number of likely N-dealkylation sites (N-methyl/N-ethyl adjacent to an activating group) is 1. The normalized spacial score (nSPS) is 21.9. The minimum Gasteiger partial charge on any atom is -0.394 e. The van der Waals surface area contributed by atoms with E-state index in [1.54, 1.807) is 0 Å². The molecule has 0 radical (unpaired) electrons. The Kier molecular flexibility index (Phi) is 6.28. The van der Waals surface area contributed by atoms with Gasteiger partial charge >= 0.3 is 0 Å². The molecule has 1 aliphatic rings. The molecule has 1 unspecified atom stereocenters. The lowest BCUT2D eigenvalue weighted by Crippen LogP contribution is -2.46. The molecule has 1 saturated heterocycles. The molecular weight excluding hydrogens is 204 g/mol. The average Bonchev–Trinajstić information content (AvgIpc) is 2.31. The second-order valence-electron chi connectivity index (χ2n) is 4.81. The summed E-state index contributed by atoms with van der Waals surface area (Å²) in [6.45, 7) is 10.2. The summed E-state index contributed by atoms with van der Waals surface area (Å²) >= 11 is 0. The number of nitrogens with zero attached hydrogens (tertiary/aromatic N) is 1. The number of aliphatic hydroxyl groups excluding tert-OH is 1. The van der Waals surface area contributed by atoms with Crippen molar-refractivity contribution in [3.05, 3.63) is 0 Å². The molecule has 0 aromatic carbocycles. The van der Waals surface area contributed by atoms with Crippen LogP contribution in [0.15, 0.2) is 0 Å². The summed E-state index contributed by atoms with van der Waals surface area (Å²) in [6, 6.07) is 0. The van der Waals surface area contributed by atoms with Gasteiger partial charge in [-0.2, -0.15) is 0 Å². The zero-order valence-electron chi connectivity index (χ0n) is 10.7. The Morgan fingerprint density at radius 1 is 1.38 bits per heavy atom. The molecule has 0 amide bonds. The zero-order chi connectivity index (χ0) is 11.9. The fourth-order valence-corrected chi connectivity index (χ4v) is 2.17. The number of ether oxygens (including phenoxy) is 1. The van der Waals surface area contributed by atoms with Gasteiger partial charge in [-0.3, -0.25) is 4.90 Å². The number of hydrogen-bond acceptors (Lipinski definition) is 4. The minimum atomic E-state index is -0.110. The molecule has 1 rings (SSSR count). The topological polar surface area (TPSA) is 44.7 Å². The Labute approximate surface area is 99.0 Å². The SMILES string of the molecule is CCNC(C)(CO)CCCN1CCOCC1. The van der Waals surface area contributed by atoms with E-state index in [9.17, 15) is 5.11 Å². The van der Waals surface area contributed by atoms with Crippen molar-refractivity contribution < 1.29 is 9.84 Å². The number of hydrogen-bond donors (Lipinski definition) is 2. The van der Waals surface area contributed by atoms with E-state index < -0.39 is 0 Å². The molecule has 0 aromatic rings. The number of morpholine rings is 1. The van der Waals surface area contributed by atoms with E-state index in [2.05, 4.69) is 24.1 Å². The molecule has 0 aromatic heterocycles. The second-order valence-corrected chi connectivity index (χ2v) is 4.81. The minimum absolute atomic E-state index is 0.110. The first kappa shape index (κ1) is 13.9. The second kappa shape index (κ2) is 7.22. The third-order valence-corrected chi connectivity index (χ3v) is 3.26. The molecule has 1 atom stereocenters. The smallest absolute Gasteiger partial charge is 0.0610 e. The van der Waals surface area contributed by atoms with Crippen molar-refractivity contribution in [2.75, 3.05) is 46.0 Å². The van der Waals surface area contributed by atoms with Crippen LogP contribution in [0.3, 0.4) is 0 Å². The third kappa shape index (κ3) is 4.78. The van der Waals surface area contributed by atoms with Gasteiger partial charge in [-0.1, -0.05) is 6.92 Å². The van der Waals surface area contributed by atoms with Crippen LogP contribution in [-0.2, 0) is 4.74 Å². The van der Waals surface area contributed by atoms with Crippen LogP contribution in [0, 0.1) is 0 Å². The van der Waals surface area contributed by atoms with E-state index in [1.807, 2.05) is 0 Å². The number of rotatable bonds is 7. The highest BCUT2D eigenvalue weighted by molar-refractivity contribution is 4.82. The molecule has 4 heteroatoms. The summed E-state index contributed by atoms with van der Waals surface area (Å²) in [6.07, 6.45) is 2.15. The molecule has 0 saturated carbocycles. The Balaban J connectivity index is 2.16. The Morgan fingerprint density at radius 3 is 2.62 bits per heavy atom. The van der Waals surface area contributed by atoms with Gasteiger partial charge in [0.25, 0.3) is 0 Å². The lowest BCUT2D eigenvalue weighted by atomic mass is 9.96. The fraction of sp³-hybridized carbons (Fsp3) is 1.00. The van der Waals surface area contributed by atoms with E-state index in [0.29, 0.717) is 0 Å². The van der Waals surface area contributed by atoms with Crippen molar-refractivity contribution in [1.82, 2.24) is 10.2 Å². The maximum Gasteiger partial charge on any atom is 0.0610 e. The molecule has 4 nitrogen and oxygen atoms in total. The van der Waals surface area contributed by atoms with E-state index in [1.165, 1.54) is 0 Å². The molecule has 2 N–H and O–H groups in total. The summed E-state index contributed by atoms with van der Waals surface area (Å²) < 4.78 is 5.31. The predicted octanol–water partition coefficient (Wildman–Crippen LogP) is 0.459. The quantitative estimate of drug-likeness (QED) is 0.667. The van der Waals surface area contributed by atoms with E-state index >= 15 is 0 Å². The zero-order valence-corrected chi connectivity index (χ0v) is 10.7. The number of aliphatic hydroxyl groups is 1. The van der Waals surface area contributed by atoms with Crippen LogP contribution in [0.25, 0.3) is 0 Å². The van der Waals surface area contributed by atoms with Crippen LogP contribution in [0.5, 0.6) is 0 Å². The molecule has 1 heterocycles. The summed E-state index contributed by atoms with van der Waals surface area (Å²) in [5.41, 5.74) is -0.110. The molecule has 16 heavy (non-hydrogen) atoms. The fourth-order valence-electron chi connectivity index (χ4n) is 2.17. The maximum absolute atomic E-state index is 9.36. The van der Waals surface area contributed by atoms with E-state index in [0.717, 1.165) is 52.2 Å². The largest absolute Gasteiger partial charge is 0.394 e. The molecule has 1 aliphatic heterocycles. The van der Waals surface area contributed by atoms with Crippen molar-refractivity contribution in [2.45, 2.75) is 32.2 Å². The van der Waals surface area contributed by atoms with Gasteiger partial charge in [-0.05, 0) is 32.9 Å². The van der Waals surface area contributed by atoms with Gasteiger partial charge < -0.3 is 15.2 Å². The van der Waals surface area contributed by atoms with Crippen LogP contribution < -0.4 is 5.32 Å². The van der Waals surface area contributed by atoms with Crippen LogP contribution in [-0.4, -0.2) is 61.5 Å². The van der Waals surface area contributed by atoms with E-state index in [-0.39, 0.29) is 12.1 Å². The molecule has 96 valence electrons. The van der Waals surface area contributed by atoms with Gasteiger partial charge in [-0.15, -0.1) is 0 Å². The van der Waals surface area contributed by atoms with Crippen LogP contribution in [0.1, 0.15) is 26.7 Å². The molecular formula is C12H26N2O2. The Hall–Kier alpha value is -0.160. The monoisotopic (exact) mass is 230 g/mol. The molecule has 0 aliphatic carbocycles. The van der Waals surface area contributed by atoms with E-state index in [4.69, 9.17) is 4.74 Å². The average molecular weight is 230 g/mol. The van der Waals surface area contributed by atoms with Gasteiger partial charge in [0.05, 0.1) is 19.8 Å². The highest BCUT2D eigenvalue weighted by atomic mass is 16.5. The lowest BCUT2D eigenvalue weighted by Gasteiger charge is -2.31. The Morgan fingerprint density at radius 2 is 2.06 bits per heavy atom. The molecule has 1 fully saturated rings. The standard InChI is InChI=1S/C12H26N2O2/c1-3-13-12(2,11-15)5-4-6-14-7-9-16-10-8-14/h13,15H,3-11H2,1-2H3. The van der Waals surface area contributed by atoms with Gasteiger partial charge in [0.15, 0.2) is 0 Å². The lowest BCUT2D eigenvalue weighted by molar-refractivity contribution is 0.0355. The summed E-state index contributed by atoms with van der Waals surface area (Å²) in [5, 5.41) is 12.7. The number of nitrogens with one attached hydrogen (secondary N) is 1. The highest BCUT2D eigenvalue weighted by Gasteiger charge is 2.21. The molecule has 0 spiro atoms. The van der Waals surface area contributed by atoms with Crippen LogP contribution >= 0.6 is 0 Å². The first-order valence-corrected chi connectivity index (χ1v) is 6.36. The first-order valence-electron chi connectivity index (χ1n) is 6.36. The predicted molar refractivity (Wildman–Crippen MR) is 65.7 cm³/mol. The van der Waals surface area contributed by atoms with Crippen LogP contribution in [0.2, 0.25) is 0 Å². The van der Waals surface area contributed by atoms with Crippen molar-refractivity contribution in [1.29, 1.82) is 0 Å². The van der Waals surface area contributed by atoms with Gasteiger partial charge in [0.1, 0.15) is 0 Å². The third-order valence-electron chi connectivity index (χ3n) is 3.26. The highest BCUT2D eigenvalue weighted by Crippen LogP contribution is 2.12. The Bertz CT molecular complexity index is 184. The van der Waals surface area contributed by atoms with Crippen molar-refractivity contribution in [3.63, 3.8) is 0 Å². The summed E-state index contributed by atoms with van der Waals surface area (Å²) in [5.74, 6) is 0. The first-order chi connectivity index (χ1) is 7.70.